The van der Waals surface area contributed by atoms with Crippen LogP contribution in [0.15, 0.2) is 72.9 Å². The van der Waals surface area contributed by atoms with Crippen LogP contribution in [0.5, 0.6) is 0 Å². The lowest BCUT2D eigenvalue weighted by Crippen LogP contribution is -2.06. The van der Waals surface area contributed by atoms with E-state index in [2.05, 4.69) is 124 Å². The Morgan fingerprint density at radius 2 is 1.65 bits per heavy atom. The lowest BCUT2D eigenvalue weighted by Gasteiger charge is -2.11. The van der Waals surface area contributed by atoms with Crippen molar-refractivity contribution < 1.29 is 0 Å². The van der Waals surface area contributed by atoms with Crippen LogP contribution in [-0.2, 0) is 13.0 Å². The van der Waals surface area contributed by atoms with Crippen molar-refractivity contribution in [3.05, 3.63) is 101 Å². The average Bonchev–Trinajstić information content (AvgIpc) is 3.45. The Balaban J connectivity index is 1.58. The normalized spacial score (nSPS) is 12.5. The molecule has 0 fully saturated rings. The van der Waals surface area contributed by atoms with E-state index in [1.54, 1.807) is 0 Å². The highest BCUT2D eigenvalue weighted by molar-refractivity contribution is 5.94. The number of nitrogens with zero attached hydrogens (tertiary/aromatic N) is 4. The minimum absolute atomic E-state index is 0.354. The molecule has 5 aromatic rings. The molecule has 0 amide bonds. The summed E-state index contributed by atoms with van der Waals surface area (Å²) in [5.74, 6) is 0.733. The number of hydrogen-bond acceptors (Lipinski definition) is 2. The maximum absolute atomic E-state index is 5.26. The molecule has 0 aliphatic rings. The molecule has 0 saturated heterocycles. The predicted octanol–water partition coefficient (Wildman–Crippen LogP) is 8.39. The van der Waals surface area contributed by atoms with Gasteiger partial charge in [-0.3, -0.25) is 4.68 Å². The SMILES string of the molecule is CCCc1ccc(-n2nc(-c3cccc4nn(C[C@H](C)c5ccccc5)cc34)c(C(C)C)c2C)c(C)c1. The van der Waals surface area contributed by atoms with E-state index in [-0.39, 0.29) is 0 Å². The van der Waals surface area contributed by atoms with E-state index < -0.39 is 0 Å². The number of fused-ring (bicyclic) bond motifs is 1. The zero-order valence-corrected chi connectivity index (χ0v) is 23.0. The minimum Gasteiger partial charge on any atom is -0.271 e. The molecule has 0 aliphatic carbocycles. The van der Waals surface area contributed by atoms with E-state index in [9.17, 15) is 0 Å². The van der Waals surface area contributed by atoms with Gasteiger partial charge in [0, 0.05) is 40.9 Å². The number of aryl methyl sites for hydroxylation is 2. The Morgan fingerprint density at radius 3 is 2.35 bits per heavy atom. The fourth-order valence-corrected chi connectivity index (χ4v) is 5.60. The molecule has 0 spiro atoms. The second-order valence-electron chi connectivity index (χ2n) is 10.7. The van der Waals surface area contributed by atoms with Crippen LogP contribution < -0.4 is 0 Å². The summed E-state index contributed by atoms with van der Waals surface area (Å²) in [6.45, 7) is 14.3. The molecule has 4 nitrogen and oxygen atoms in total. The summed E-state index contributed by atoms with van der Waals surface area (Å²) in [6.07, 6.45) is 4.47. The van der Waals surface area contributed by atoms with Crippen LogP contribution in [0.4, 0.5) is 0 Å². The first-order valence-electron chi connectivity index (χ1n) is 13.6. The Labute approximate surface area is 221 Å². The molecule has 3 aromatic carbocycles. The van der Waals surface area contributed by atoms with Crippen molar-refractivity contribution >= 4 is 10.9 Å². The molecule has 0 saturated carbocycles. The van der Waals surface area contributed by atoms with E-state index >= 15 is 0 Å². The third-order valence-corrected chi connectivity index (χ3v) is 7.45. The molecule has 0 aliphatic heterocycles. The van der Waals surface area contributed by atoms with Crippen molar-refractivity contribution in [1.29, 1.82) is 0 Å². The first kappa shape index (κ1) is 25.0. The molecule has 2 aromatic heterocycles. The van der Waals surface area contributed by atoms with Gasteiger partial charge in [0.1, 0.15) is 0 Å². The number of benzene rings is 3. The van der Waals surface area contributed by atoms with E-state index in [4.69, 9.17) is 10.2 Å². The average molecular weight is 491 g/mol. The summed E-state index contributed by atoms with van der Waals surface area (Å²) >= 11 is 0. The summed E-state index contributed by atoms with van der Waals surface area (Å²) in [4.78, 5) is 0. The molecule has 0 radical (unpaired) electrons. The monoisotopic (exact) mass is 490 g/mol. The van der Waals surface area contributed by atoms with Crippen molar-refractivity contribution in [3.8, 4) is 16.9 Å². The van der Waals surface area contributed by atoms with Crippen molar-refractivity contribution in [2.24, 2.45) is 0 Å². The number of aromatic nitrogens is 4. The molecule has 4 heteroatoms. The van der Waals surface area contributed by atoms with Gasteiger partial charge in [-0.15, -0.1) is 0 Å². The summed E-state index contributed by atoms with van der Waals surface area (Å²) in [5, 5.41) is 11.4. The highest BCUT2D eigenvalue weighted by Gasteiger charge is 2.22. The third-order valence-electron chi connectivity index (χ3n) is 7.45. The smallest absolute Gasteiger partial charge is 0.0972 e. The summed E-state index contributed by atoms with van der Waals surface area (Å²) in [5.41, 5.74) is 10.9. The van der Waals surface area contributed by atoms with Crippen LogP contribution in [0.3, 0.4) is 0 Å². The Hall–Kier alpha value is -3.66. The first-order valence-corrected chi connectivity index (χ1v) is 13.6. The molecule has 2 heterocycles. The number of rotatable bonds is 8. The van der Waals surface area contributed by atoms with Crippen LogP contribution in [0.1, 0.15) is 73.9 Å². The highest BCUT2D eigenvalue weighted by atomic mass is 15.3. The fourth-order valence-electron chi connectivity index (χ4n) is 5.60. The largest absolute Gasteiger partial charge is 0.271 e. The van der Waals surface area contributed by atoms with Crippen molar-refractivity contribution in [1.82, 2.24) is 19.6 Å². The summed E-state index contributed by atoms with van der Waals surface area (Å²) in [7, 11) is 0. The van der Waals surface area contributed by atoms with Gasteiger partial charge in [-0.1, -0.05) is 88.7 Å². The zero-order chi connectivity index (χ0) is 26.1. The topological polar surface area (TPSA) is 35.6 Å². The van der Waals surface area contributed by atoms with Gasteiger partial charge in [0.05, 0.1) is 16.9 Å². The standard InChI is InChI=1S/C33H38N4/c1-7-12-26-17-18-31(23(4)19-26)37-25(6)32(22(2)3)33(35-37)28-15-11-16-30-29(28)21-36(34-30)20-24(5)27-13-9-8-10-14-27/h8-11,13-19,21-22,24H,7,12,20H2,1-6H3/t24-/m0/s1. The first-order chi connectivity index (χ1) is 17.9. The van der Waals surface area contributed by atoms with Crippen LogP contribution >= 0.6 is 0 Å². The van der Waals surface area contributed by atoms with Crippen LogP contribution in [-0.4, -0.2) is 19.6 Å². The van der Waals surface area contributed by atoms with Gasteiger partial charge < -0.3 is 0 Å². The maximum Gasteiger partial charge on any atom is 0.0972 e. The Morgan fingerprint density at radius 1 is 0.865 bits per heavy atom. The minimum atomic E-state index is 0.354. The summed E-state index contributed by atoms with van der Waals surface area (Å²) in [6, 6.07) is 23.9. The molecule has 0 N–H and O–H groups in total. The molecule has 37 heavy (non-hydrogen) atoms. The van der Waals surface area contributed by atoms with E-state index in [0.717, 1.165) is 47.2 Å². The molecular formula is C33H38N4. The van der Waals surface area contributed by atoms with Crippen LogP contribution in [0.2, 0.25) is 0 Å². The van der Waals surface area contributed by atoms with Gasteiger partial charge >= 0.3 is 0 Å². The van der Waals surface area contributed by atoms with Gasteiger partial charge in [-0.05, 0) is 55.0 Å². The van der Waals surface area contributed by atoms with E-state index in [1.807, 2.05) is 0 Å². The van der Waals surface area contributed by atoms with Crippen molar-refractivity contribution in [3.63, 3.8) is 0 Å². The second-order valence-corrected chi connectivity index (χ2v) is 10.7. The van der Waals surface area contributed by atoms with Gasteiger partial charge in [-0.25, -0.2) is 4.68 Å². The summed E-state index contributed by atoms with van der Waals surface area (Å²) < 4.78 is 4.25. The van der Waals surface area contributed by atoms with Gasteiger partial charge in [0.15, 0.2) is 0 Å². The predicted molar refractivity (Wildman–Crippen MR) is 155 cm³/mol. The molecule has 190 valence electrons. The lowest BCUT2D eigenvalue weighted by atomic mass is 9.95. The van der Waals surface area contributed by atoms with Gasteiger partial charge in [-0.2, -0.15) is 10.2 Å². The van der Waals surface area contributed by atoms with Crippen molar-refractivity contribution in [2.45, 2.75) is 72.8 Å². The molecular weight excluding hydrogens is 452 g/mol. The quantitative estimate of drug-likeness (QED) is 0.219. The molecule has 5 rings (SSSR count). The highest BCUT2D eigenvalue weighted by Crippen LogP contribution is 2.36. The van der Waals surface area contributed by atoms with Crippen LogP contribution in [0.25, 0.3) is 27.8 Å². The lowest BCUT2D eigenvalue weighted by molar-refractivity contribution is 0.547. The molecule has 0 unspecified atom stereocenters. The van der Waals surface area contributed by atoms with E-state index in [1.165, 1.54) is 27.9 Å². The zero-order valence-electron chi connectivity index (χ0n) is 23.0. The fraction of sp³-hybridized carbons (Fsp3) is 0.333. The number of hydrogen-bond donors (Lipinski definition) is 0. The third kappa shape index (κ3) is 4.85. The molecule has 0 bridgehead atoms. The van der Waals surface area contributed by atoms with Crippen molar-refractivity contribution in [2.75, 3.05) is 0 Å². The van der Waals surface area contributed by atoms with E-state index in [0.29, 0.717) is 11.8 Å². The Bertz CT molecular complexity index is 1520. The maximum atomic E-state index is 5.26. The Kier molecular flexibility index (Phi) is 7.01. The van der Waals surface area contributed by atoms with Gasteiger partial charge in [0.2, 0.25) is 0 Å². The van der Waals surface area contributed by atoms with Gasteiger partial charge in [0.25, 0.3) is 0 Å². The second kappa shape index (κ2) is 10.4. The molecule has 1 atom stereocenters. The van der Waals surface area contributed by atoms with Crippen LogP contribution in [0, 0.1) is 13.8 Å².